The van der Waals surface area contributed by atoms with Crippen molar-refractivity contribution in [2.75, 3.05) is 26.2 Å². The maximum atomic E-state index is 12.8. The molecule has 0 aromatic carbocycles. The summed E-state index contributed by atoms with van der Waals surface area (Å²) in [4.78, 5) is 14.7. The Labute approximate surface area is 166 Å². The first-order valence-corrected chi connectivity index (χ1v) is 11.7. The Kier molecular flexibility index (Phi) is 5.04. The van der Waals surface area contributed by atoms with E-state index in [0.29, 0.717) is 44.7 Å². The fourth-order valence-corrected chi connectivity index (χ4v) is 5.85. The fraction of sp³-hybridized carbons (Fsp3) is 0.789. The summed E-state index contributed by atoms with van der Waals surface area (Å²) in [5.41, 5.74) is 2.11. The molecule has 1 aromatic rings. The summed E-state index contributed by atoms with van der Waals surface area (Å²) in [5, 5.41) is 4.13. The highest BCUT2D eigenvalue weighted by Gasteiger charge is 2.44. The zero-order valence-electron chi connectivity index (χ0n) is 17.0. The van der Waals surface area contributed by atoms with Gasteiger partial charge in [-0.2, -0.15) is 5.10 Å². The highest BCUT2D eigenvalue weighted by atomic mass is 32.2. The quantitative estimate of drug-likeness (QED) is 0.750. The van der Waals surface area contributed by atoms with Gasteiger partial charge in [0.05, 0.1) is 17.5 Å². The lowest BCUT2D eigenvalue weighted by Crippen LogP contribution is -2.51. The van der Waals surface area contributed by atoms with E-state index in [1.165, 1.54) is 0 Å². The van der Waals surface area contributed by atoms with Crippen LogP contribution >= 0.6 is 0 Å². The van der Waals surface area contributed by atoms with Crippen LogP contribution in [0.1, 0.15) is 61.3 Å². The van der Waals surface area contributed by atoms with Crippen molar-refractivity contribution in [3.05, 3.63) is 17.0 Å². The third-order valence-corrected chi connectivity index (χ3v) is 8.75. The predicted molar refractivity (Wildman–Crippen MR) is 104 cm³/mol. The van der Waals surface area contributed by atoms with Gasteiger partial charge in [-0.3, -0.25) is 9.48 Å². The van der Waals surface area contributed by atoms with Crippen LogP contribution in [0.15, 0.2) is 0 Å². The molecule has 28 heavy (non-hydrogen) atoms. The third kappa shape index (κ3) is 3.27. The largest absolute Gasteiger partial charge is 0.370 e. The number of fused-ring (bicyclic) bond motifs is 1. The lowest BCUT2D eigenvalue weighted by Gasteiger charge is -2.43. The molecular formula is C19H30N4O4S. The van der Waals surface area contributed by atoms with Crippen molar-refractivity contribution in [3.8, 4) is 0 Å². The van der Waals surface area contributed by atoms with Crippen LogP contribution in [0.3, 0.4) is 0 Å². The zero-order valence-corrected chi connectivity index (χ0v) is 17.8. The third-order valence-electron chi connectivity index (χ3n) is 6.47. The lowest BCUT2D eigenvalue weighted by molar-refractivity contribution is -0.0952. The number of piperidine rings is 1. The number of carbonyl (C=O) groups excluding carboxylic acids is 1. The topological polar surface area (TPSA) is 84.7 Å². The number of nitrogens with zero attached hydrogens (tertiary/aromatic N) is 4. The molecule has 1 spiro atoms. The average Bonchev–Trinajstić information content (AvgIpc) is 3.30. The molecule has 1 amide bonds. The molecule has 2 saturated heterocycles. The molecule has 0 N–H and O–H groups in total. The Morgan fingerprint density at radius 3 is 2.39 bits per heavy atom. The first-order valence-electron chi connectivity index (χ1n) is 10.2. The van der Waals surface area contributed by atoms with Crippen LogP contribution in [-0.4, -0.2) is 70.3 Å². The van der Waals surface area contributed by atoms with Crippen LogP contribution in [0.4, 0.5) is 0 Å². The van der Waals surface area contributed by atoms with Gasteiger partial charge in [-0.15, -0.1) is 0 Å². The van der Waals surface area contributed by atoms with Crippen LogP contribution in [-0.2, 0) is 34.8 Å². The summed E-state index contributed by atoms with van der Waals surface area (Å²) < 4.78 is 34.6. The molecule has 4 heterocycles. The summed E-state index contributed by atoms with van der Waals surface area (Å²) >= 11 is 0. The van der Waals surface area contributed by atoms with E-state index in [-0.39, 0.29) is 11.5 Å². The minimum Gasteiger partial charge on any atom is -0.370 e. The normalized spacial score (nSPS) is 22.8. The predicted octanol–water partition coefficient (Wildman–Crippen LogP) is 1.30. The summed E-state index contributed by atoms with van der Waals surface area (Å²) in [7, 11) is -1.34. The number of likely N-dealkylation sites (tertiary alicyclic amines) is 1. The Balaban J connectivity index is 1.51. The maximum absolute atomic E-state index is 12.8. The summed E-state index contributed by atoms with van der Waals surface area (Å²) in [5.74, 6) is 0.00625. The van der Waals surface area contributed by atoms with Gasteiger partial charge in [0, 0.05) is 50.9 Å². The van der Waals surface area contributed by atoms with Gasteiger partial charge >= 0.3 is 0 Å². The second-order valence-electron chi connectivity index (χ2n) is 8.54. The molecule has 0 atom stereocenters. The van der Waals surface area contributed by atoms with Crippen molar-refractivity contribution in [1.29, 1.82) is 0 Å². The first kappa shape index (κ1) is 19.8. The van der Waals surface area contributed by atoms with Crippen LogP contribution < -0.4 is 0 Å². The molecule has 0 aliphatic carbocycles. The van der Waals surface area contributed by atoms with Gasteiger partial charge in [-0.1, -0.05) is 0 Å². The second-order valence-corrected chi connectivity index (χ2v) is 11.0. The van der Waals surface area contributed by atoms with Gasteiger partial charge in [-0.25, -0.2) is 12.7 Å². The van der Waals surface area contributed by atoms with Crippen molar-refractivity contribution in [1.82, 2.24) is 19.0 Å². The smallest absolute Gasteiger partial charge is 0.274 e. The Morgan fingerprint density at radius 1 is 1.14 bits per heavy atom. The summed E-state index contributed by atoms with van der Waals surface area (Å²) in [6.45, 7) is 6.37. The SMILES string of the molecule is CC(C)S(=O)(=O)N1CCC2(CC1)Cc1c(c(C(=O)N3CCCC3)nn1C)CO2. The monoisotopic (exact) mass is 410 g/mol. The highest BCUT2D eigenvalue weighted by molar-refractivity contribution is 7.89. The van der Waals surface area contributed by atoms with Crippen LogP contribution in [0.5, 0.6) is 0 Å². The molecule has 8 nitrogen and oxygen atoms in total. The molecule has 4 rings (SSSR count). The number of sulfonamides is 1. The van der Waals surface area contributed by atoms with Crippen molar-refractivity contribution >= 4 is 15.9 Å². The molecular weight excluding hydrogens is 380 g/mol. The van der Waals surface area contributed by atoms with Gasteiger partial charge in [0.1, 0.15) is 0 Å². The number of amides is 1. The number of aryl methyl sites for hydroxylation is 1. The van der Waals surface area contributed by atoms with Crippen LogP contribution in [0, 0.1) is 0 Å². The van der Waals surface area contributed by atoms with Gasteiger partial charge in [0.15, 0.2) is 5.69 Å². The molecule has 0 bridgehead atoms. The number of carbonyl (C=O) groups is 1. The average molecular weight is 411 g/mol. The van der Waals surface area contributed by atoms with Crippen molar-refractivity contribution in [3.63, 3.8) is 0 Å². The zero-order chi connectivity index (χ0) is 20.1. The van der Waals surface area contributed by atoms with Crippen molar-refractivity contribution < 1.29 is 17.9 Å². The van der Waals surface area contributed by atoms with E-state index in [1.807, 2.05) is 16.6 Å². The van der Waals surface area contributed by atoms with Crippen molar-refractivity contribution in [2.24, 2.45) is 7.05 Å². The van der Waals surface area contributed by atoms with Crippen LogP contribution in [0.25, 0.3) is 0 Å². The Bertz CT molecular complexity index is 863. The molecule has 3 aliphatic rings. The van der Waals surface area contributed by atoms with Crippen LogP contribution in [0.2, 0.25) is 0 Å². The van der Waals surface area contributed by atoms with Gasteiger partial charge in [0.2, 0.25) is 10.0 Å². The van der Waals surface area contributed by atoms with E-state index in [0.717, 1.165) is 37.2 Å². The minimum atomic E-state index is -3.23. The summed E-state index contributed by atoms with van der Waals surface area (Å²) in [6, 6.07) is 0. The second kappa shape index (κ2) is 7.11. The number of ether oxygens (including phenoxy) is 1. The van der Waals surface area contributed by atoms with E-state index < -0.39 is 15.3 Å². The lowest BCUT2D eigenvalue weighted by atomic mass is 9.84. The maximum Gasteiger partial charge on any atom is 0.274 e. The number of aromatic nitrogens is 2. The van der Waals surface area contributed by atoms with E-state index in [2.05, 4.69) is 5.10 Å². The van der Waals surface area contributed by atoms with Gasteiger partial charge in [-0.05, 0) is 39.5 Å². The molecule has 1 aromatic heterocycles. The first-order chi connectivity index (χ1) is 13.2. The fourth-order valence-electron chi connectivity index (χ4n) is 4.57. The van der Waals surface area contributed by atoms with Gasteiger partial charge in [0.25, 0.3) is 5.91 Å². The number of rotatable bonds is 3. The van der Waals surface area contributed by atoms with E-state index >= 15 is 0 Å². The molecule has 156 valence electrons. The molecule has 0 unspecified atom stereocenters. The molecule has 0 radical (unpaired) electrons. The van der Waals surface area contributed by atoms with Gasteiger partial charge < -0.3 is 9.64 Å². The van der Waals surface area contributed by atoms with E-state index in [4.69, 9.17) is 4.74 Å². The molecule has 3 aliphatic heterocycles. The highest BCUT2D eigenvalue weighted by Crippen LogP contribution is 2.38. The van der Waals surface area contributed by atoms with E-state index in [9.17, 15) is 13.2 Å². The van der Waals surface area contributed by atoms with Crippen molar-refractivity contribution in [2.45, 2.75) is 63.4 Å². The molecule has 2 fully saturated rings. The molecule has 0 saturated carbocycles. The Morgan fingerprint density at radius 2 is 1.79 bits per heavy atom. The Hall–Kier alpha value is -1.45. The minimum absolute atomic E-state index is 0.00625. The standard InChI is InChI=1S/C19H30N4O4S/c1-14(2)28(25,26)23-10-6-19(7-11-23)12-16-15(13-27-19)17(20-21(16)3)18(24)22-8-4-5-9-22/h14H,4-13H2,1-3H3. The van der Waals surface area contributed by atoms with E-state index in [1.54, 1.807) is 18.2 Å². The number of hydrogen-bond donors (Lipinski definition) is 0. The number of hydrogen-bond acceptors (Lipinski definition) is 5. The molecule has 9 heteroatoms. The summed E-state index contributed by atoms with van der Waals surface area (Å²) in [6.07, 6.45) is 4.11.